The SMILES string of the molecule is CC(C)(CCl)CNC(=O)c1ccc2ncccc2c1. The van der Waals surface area contributed by atoms with E-state index in [-0.39, 0.29) is 11.3 Å². The van der Waals surface area contributed by atoms with Gasteiger partial charge in [-0.2, -0.15) is 0 Å². The molecule has 2 aromatic rings. The fourth-order valence-corrected chi connectivity index (χ4v) is 1.78. The van der Waals surface area contributed by atoms with Gasteiger partial charge in [0, 0.05) is 29.6 Å². The van der Waals surface area contributed by atoms with Crippen LogP contribution in [0.2, 0.25) is 0 Å². The van der Waals surface area contributed by atoms with Crippen molar-refractivity contribution in [1.82, 2.24) is 10.3 Å². The zero-order valence-corrected chi connectivity index (χ0v) is 11.9. The normalized spacial score (nSPS) is 11.5. The number of alkyl halides is 1. The molecule has 1 heterocycles. The zero-order valence-electron chi connectivity index (χ0n) is 11.1. The van der Waals surface area contributed by atoms with Crippen molar-refractivity contribution in [3.63, 3.8) is 0 Å². The Bertz CT molecular complexity index is 595. The number of halogens is 1. The maximum atomic E-state index is 12.1. The first kappa shape index (κ1) is 13.8. The van der Waals surface area contributed by atoms with Gasteiger partial charge in [-0.25, -0.2) is 0 Å². The molecule has 1 aromatic carbocycles. The quantitative estimate of drug-likeness (QED) is 0.871. The highest BCUT2D eigenvalue weighted by Crippen LogP contribution is 2.16. The molecule has 0 saturated heterocycles. The van der Waals surface area contributed by atoms with Crippen molar-refractivity contribution in [3.8, 4) is 0 Å². The Hall–Kier alpha value is -1.61. The maximum Gasteiger partial charge on any atom is 0.251 e. The Morgan fingerprint density at radius 2 is 2.16 bits per heavy atom. The summed E-state index contributed by atoms with van der Waals surface area (Å²) in [6.07, 6.45) is 1.74. The van der Waals surface area contributed by atoms with Gasteiger partial charge in [-0.1, -0.05) is 19.9 Å². The lowest BCUT2D eigenvalue weighted by Crippen LogP contribution is -2.34. The second-order valence-corrected chi connectivity index (χ2v) is 5.66. The average Bonchev–Trinajstić information content (AvgIpc) is 2.44. The number of carbonyl (C=O) groups excluding carboxylic acids is 1. The predicted octanol–water partition coefficient (Wildman–Crippen LogP) is 3.23. The van der Waals surface area contributed by atoms with Gasteiger partial charge >= 0.3 is 0 Å². The van der Waals surface area contributed by atoms with Crippen LogP contribution in [0.4, 0.5) is 0 Å². The first-order chi connectivity index (χ1) is 9.02. The first-order valence-electron chi connectivity index (χ1n) is 6.21. The summed E-state index contributed by atoms with van der Waals surface area (Å²) in [5.41, 5.74) is 1.43. The van der Waals surface area contributed by atoms with Crippen molar-refractivity contribution in [2.24, 2.45) is 5.41 Å². The minimum atomic E-state index is -0.102. The molecule has 0 radical (unpaired) electrons. The number of amides is 1. The summed E-state index contributed by atoms with van der Waals surface area (Å²) in [5.74, 6) is 0.429. The summed E-state index contributed by atoms with van der Waals surface area (Å²) in [6.45, 7) is 4.59. The molecule has 0 bridgehead atoms. The summed E-state index contributed by atoms with van der Waals surface area (Å²) < 4.78 is 0. The van der Waals surface area contributed by atoms with Crippen LogP contribution >= 0.6 is 11.6 Å². The van der Waals surface area contributed by atoms with Gasteiger partial charge in [-0.05, 0) is 29.7 Å². The smallest absolute Gasteiger partial charge is 0.251 e. The van der Waals surface area contributed by atoms with Crippen molar-refractivity contribution < 1.29 is 4.79 Å². The van der Waals surface area contributed by atoms with E-state index in [9.17, 15) is 4.79 Å². The molecule has 0 fully saturated rings. The van der Waals surface area contributed by atoms with Crippen LogP contribution in [0.3, 0.4) is 0 Å². The summed E-state index contributed by atoms with van der Waals surface area (Å²) in [6, 6.07) is 9.31. The second kappa shape index (κ2) is 5.57. The highest BCUT2D eigenvalue weighted by molar-refractivity contribution is 6.18. The lowest BCUT2D eigenvalue weighted by molar-refractivity contribution is 0.0940. The highest BCUT2D eigenvalue weighted by atomic mass is 35.5. The van der Waals surface area contributed by atoms with E-state index in [2.05, 4.69) is 10.3 Å². The van der Waals surface area contributed by atoms with E-state index >= 15 is 0 Å². The standard InChI is InChI=1S/C15H17ClN2O/c1-15(2,9-16)10-18-14(19)12-5-6-13-11(8-12)4-3-7-17-13/h3-8H,9-10H2,1-2H3,(H,18,19). The van der Waals surface area contributed by atoms with Crippen LogP contribution in [0.1, 0.15) is 24.2 Å². The molecule has 19 heavy (non-hydrogen) atoms. The number of nitrogens with one attached hydrogen (secondary N) is 1. The Morgan fingerprint density at radius 1 is 1.37 bits per heavy atom. The van der Waals surface area contributed by atoms with Crippen molar-refractivity contribution in [1.29, 1.82) is 0 Å². The van der Waals surface area contributed by atoms with Gasteiger partial charge in [-0.3, -0.25) is 9.78 Å². The molecule has 1 aromatic heterocycles. The maximum absolute atomic E-state index is 12.1. The lowest BCUT2D eigenvalue weighted by Gasteiger charge is -2.21. The van der Waals surface area contributed by atoms with Crippen molar-refractivity contribution in [2.45, 2.75) is 13.8 Å². The lowest BCUT2D eigenvalue weighted by atomic mass is 9.96. The summed E-state index contributed by atoms with van der Waals surface area (Å²) in [5, 5.41) is 3.88. The molecule has 2 rings (SSSR count). The molecule has 0 spiro atoms. The second-order valence-electron chi connectivity index (χ2n) is 5.39. The molecule has 4 heteroatoms. The van der Waals surface area contributed by atoms with Gasteiger partial charge in [0.05, 0.1) is 5.52 Å². The number of hydrogen-bond donors (Lipinski definition) is 1. The van der Waals surface area contributed by atoms with Gasteiger partial charge in [0.25, 0.3) is 5.91 Å². The first-order valence-corrected chi connectivity index (χ1v) is 6.74. The summed E-state index contributed by atoms with van der Waals surface area (Å²) in [4.78, 5) is 16.3. The third-order valence-electron chi connectivity index (χ3n) is 2.95. The van der Waals surface area contributed by atoms with Gasteiger partial charge in [0.15, 0.2) is 0 Å². The molecule has 0 aliphatic heterocycles. The van der Waals surface area contributed by atoms with Crippen LogP contribution in [-0.4, -0.2) is 23.3 Å². The molecule has 100 valence electrons. The molecular formula is C15H17ClN2O. The molecule has 0 aliphatic carbocycles. The molecule has 3 nitrogen and oxygen atoms in total. The number of carbonyl (C=O) groups is 1. The zero-order chi connectivity index (χ0) is 13.9. The monoisotopic (exact) mass is 276 g/mol. The van der Waals surface area contributed by atoms with Crippen LogP contribution in [0.25, 0.3) is 10.9 Å². The van der Waals surface area contributed by atoms with E-state index in [1.807, 2.05) is 38.1 Å². The third-order valence-corrected chi connectivity index (χ3v) is 3.68. The largest absolute Gasteiger partial charge is 0.351 e. The number of hydrogen-bond acceptors (Lipinski definition) is 2. The Balaban J connectivity index is 2.13. The molecule has 0 unspecified atom stereocenters. The minimum absolute atomic E-state index is 0.0797. The Kier molecular flexibility index (Phi) is 4.05. The average molecular weight is 277 g/mol. The van der Waals surface area contributed by atoms with E-state index in [0.29, 0.717) is 18.0 Å². The van der Waals surface area contributed by atoms with Crippen LogP contribution < -0.4 is 5.32 Å². The predicted molar refractivity (Wildman–Crippen MR) is 78.6 cm³/mol. The Labute approximate surface area is 118 Å². The molecule has 1 N–H and O–H groups in total. The number of rotatable bonds is 4. The van der Waals surface area contributed by atoms with Gasteiger partial charge in [0.2, 0.25) is 0 Å². The van der Waals surface area contributed by atoms with E-state index in [4.69, 9.17) is 11.6 Å². The van der Waals surface area contributed by atoms with Gasteiger partial charge < -0.3 is 5.32 Å². The van der Waals surface area contributed by atoms with Crippen molar-refractivity contribution in [2.75, 3.05) is 12.4 Å². The Morgan fingerprint density at radius 3 is 2.89 bits per heavy atom. The highest BCUT2D eigenvalue weighted by Gasteiger charge is 2.17. The third kappa shape index (κ3) is 3.44. The fourth-order valence-electron chi connectivity index (χ4n) is 1.69. The van der Waals surface area contributed by atoms with E-state index in [0.717, 1.165) is 10.9 Å². The van der Waals surface area contributed by atoms with Crippen LogP contribution in [0.15, 0.2) is 36.5 Å². The van der Waals surface area contributed by atoms with Gasteiger partial charge in [-0.15, -0.1) is 11.6 Å². The van der Waals surface area contributed by atoms with E-state index in [1.54, 1.807) is 12.3 Å². The number of nitrogens with zero attached hydrogens (tertiary/aromatic N) is 1. The topological polar surface area (TPSA) is 42.0 Å². The van der Waals surface area contributed by atoms with Crippen molar-refractivity contribution in [3.05, 3.63) is 42.1 Å². The van der Waals surface area contributed by atoms with E-state index < -0.39 is 0 Å². The molecule has 0 atom stereocenters. The number of aromatic nitrogens is 1. The number of benzene rings is 1. The molecule has 0 saturated carbocycles. The minimum Gasteiger partial charge on any atom is -0.351 e. The molecular weight excluding hydrogens is 260 g/mol. The molecule has 0 aliphatic rings. The van der Waals surface area contributed by atoms with Crippen LogP contribution in [0.5, 0.6) is 0 Å². The summed E-state index contributed by atoms with van der Waals surface area (Å²) in [7, 11) is 0. The van der Waals surface area contributed by atoms with Crippen molar-refractivity contribution >= 4 is 28.4 Å². The fraction of sp³-hybridized carbons (Fsp3) is 0.333. The van der Waals surface area contributed by atoms with Crippen LogP contribution in [-0.2, 0) is 0 Å². The molecule has 1 amide bonds. The van der Waals surface area contributed by atoms with Crippen LogP contribution in [0, 0.1) is 5.41 Å². The van der Waals surface area contributed by atoms with Gasteiger partial charge in [0.1, 0.15) is 0 Å². The number of fused-ring (bicyclic) bond motifs is 1. The van der Waals surface area contributed by atoms with E-state index in [1.165, 1.54) is 0 Å². The number of pyridine rings is 1. The summed E-state index contributed by atoms with van der Waals surface area (Å²) >= 11 is 5.84.